The number of aromatic nitrogens is 4. The van der Waals surface area contributed by atoms with Gasteiger partial charge in [-0.05, 0) is 43.7 Å². The van der Waals surface area contributed by atoms with E-state index < -0.39 is 41.2 Å². The number of hydrogen-bond donors (Lipinski definition) is 1. The van der Waals surface area contributed by atoms with Crippen LogP contribution in [-0.4, -0.2) is 24.8 Å². The number of carbonyl (C=O) groups excluding carboxylic acids is 1. The third kappa shape index (κ3) is 4.24. The summed E-state index contributed by atoms with van der Waals surface area (Å²) in [6, 6.07) is 7.99. The number of carbonyl (C=O) groups is 1. The van der Waals surface area contributed by atoms with Gasteiger partial charge in [0.2, 0.25) is 5.91 Å². The summed E-state index contributed by atoms with van der Waals surface area (Å²) in [5, 5.41) is 6.62. The maximum absolute atomic E-state index is 14.0. The van der Waals surface area contributed by atoms with Gasteiger partial charge in [0, 0.05) is 12.6 Å². The van der Waals surface area contributed by atoms with Gasteiger partial charge in [0.15, 0.2) is 5.52 Å². The predicted molar refractivity (Wildman–Crippen MR) is 119 cm³/mol. The highest BCUT2D eigenvalue weighted by atomic mass is 19.1. The van der Waals surface area contributed by atoms with E-state index in [9.17, 15) is 27.6 Å². The molecule has 0 atom stereocenters. The van der Waals surface area contributed by atoms with Crippen LogP contribution in [0.2, 0.25) is 0 Å². The lowest BCUT2D eigenvalue weighted by Gasteiger charge is -2.14. The minimum Gasteiger partial charge on any atom is -0.322 e. The Kier molecular flexibility index (Phi) is 6.10. The minimum atomic E-state index is -0.970. The summed E-state index contributed by atoms with van der Waals surface area (Å²) in [4.78, 5) is 39.3. The Labute approximate surface area is 190 Å². The Morgan fingerprint density at radius 3 is 2.29 bits per heavy atom. The highest BCUT2D eigenvalue weighted by Crippen LogP contribution is 2.17. The standard InChI is InChI=1S/C23H20F3N5O3/c1-3-31-21-20(13(2)28-31)29(12-19(32)27-18-9-8-16(25)10-17(18)26)23(34)30(22(21)33)11-14-4-6-15(24)7-5-14/h4-10H,3,11-12H2,1-2H3,(H,27,32). The van der Waals surface area contributed by atoms with Crippen molar-refractivity contribution in [1.29, 1.82) is 0 Å². The van der Waals surface area contributed by atoms with Crippen LogP contribution in [-0.2, 0) is 24.4 Å². The first-order valence-electron chi connectivity index (χ1n) is 10.4. The summed E-state index contributed by atoms with van der Waals surface area (Å²) in [6.07, 6.45) is 0. The van der Waals surface area contributed by atoms with Gasteiger partial charge >= 0.3 is 5.69 Å². The van der Waals surface area contributed by atoms with Crippen LogP contribution < -0.4 is 16.6 Å². The van der Waals surface area contributed by atoms with E-state index in [4.69, 9.17) is 0 Å². The van der Waals surface area contributed by atoms with E-state index in [-0.39, 0.29) is 23.3 Å². The third-order valence-electron chi connectivity index (χ3n) is 5.34. The monoisotopic (exact) mass is 471 g/mol. The van der Waals surface area contributed by atoms with Crippen LogP contribution in [0.15, 0.2) is 52.1 Å². The average molecular weight is 471 g/mol. The maximum Gasteiger partial charge on any atom is 0.332 e. The Morgan fingerprint density at radius 1 is 0.971 bits per heavy atom. The van der Waals surface area contributed by atoms with Crippen molar-refractivity contribution >= 4 is 22.6 Å². The maximum atomic E-state index is 14.0. The second-order valence-electron chi connectivity index (χ2n) is 7.66. The van der Waals surface area contributed by atoms with Crippen molar-refractivity contribution in [3.63, 3.8) is 0 Å². The van der Waals surface area contributed by atoms with Crippen molar-refractivity contribution in [3.8, 4) is 0 Å². The smallest absolute Gasteiger partial charge is 0.322 e. The summed E-state index contributed by atoms with van der Waals surface area (Å²) >= 11 is 0. The number of nitrogens with one attached hydrogen (secondary N) is 1. The molecule has 4 rings (SSSR count). The fraction of sp³-hybridized carbons (Fsp3) is 0.217. The molecule has 34 heavy (non-hydrogen) atoms. The summed E-state index contributed by atoms with van der Waals surface area (Å²) in [5.74, 6) is -3.00. The van der Waals surface area contributed by atoms with Crippen LogP contribution in [0.3, 0.4) is 0 Å². The van der Waals surface area contributed by atoms with Crippen LogP contribution in [0.5, 0.6) is 0 Å². The first-order valence-corrected chi connectivity index (χ1v) is 10.4. The van der Waals surface area contributed by atoms with Crippen molar-refractivity contribution in [1.82, 2.24) is 18.9 Å². The van der Waals surface area contributed by atoms with Gasteiger partial charge in [0.1, 0.15) is 29.5 Å². The number of fused-ring (bicyclic) bond motifs is 1. The third-order valence-corrected chi connectivity index (χ3v) is 5.34. The first-order chi connectivity index (χ1) is 16.2. The van der Waals surface area contributed by atoms with Crippen LogP contribution in [0, 0.1) is 24.4 Å². The summed E-state index contributed by atoms with van der Waals surface area (Å²) in [6.45, 7) is 3.00. The van der Waals surface area contributed by atoms with Crippen LogP contribution in [0.25, 0.3) is 11.0 Å². The lowest BCUT2D eigenvalue weighted by Crippen LogP contribution is -2.42. The van der Waals surface area contributed by atoms with Gasteiger partial charge < -0.3 is 5.32 Å². The van der Waals surface area contributed by atoms with Crippen LogP contribution >= 0.6 is 0 Å². The molecule has 0 saturated carbocycles. The molecule has 0 unspecified atom stereocenters. The number of halogens is 3. The Hall–Kier alpha value is -4.15. The molecule has 0 spiro atoms. The molecule has 4 aromatic rings. The highest BCUT2D eigenvalue weighted by molar-refractivity contribution is 5.91. The van der Waals surface area contributed by atoms with E-state index >= 15 is 0 Å². The Balaban J connectivity index is 1.82. The van der Waals surface area contributed by atoms with Crippen molar-refractivity contribution in [3.05, 3.63) is 92.0 Å². The van der Waals surface area contributed by atoms with E-state index in [0.717, 1.165) is 21.3 Å². The average Bonchev–Trinajstić information content (AvgIpc) is 3.14. The molecule has 0 aliphatic carbocycles. The van der Waals surface area contributed by atoms with E-state index in [1.807, 2.05) is 0 Å². The van der Waals surface area contributed by atoms with Crippen molar-refractivity contribution in [2.45, 2.75) is 33.5 Å². The second kappa shape index (κ2) is 9.00. The fourth-order valence-corrected chi connectivity index (χ4v) is 3.77. The molecular formula is C23H20F3N5O3. The van der Waals surface area contributed by atoms with Crippen molar-refractivity contribution in [2.75, 3.05) is 5.32 Å². The normalized spacial score (nSPS) is 11.2. The van der Waals surface area contributed by atoms with E-state index in [2.05, 4.69) is 10.4 Å². The van der Waals surface area contributed by atoms with Gasteiger partial charge in [0.05, 0.1) is 17.9 Å². The van der Waals surface area contributed by atoms with E-state index in [1.165, 1.54) is 28.9 Å². The number of hydrogen-bond acceptors (Lipinski definition) is 4. The van der Waals surface area contributed by atoms with Gasteiger partial charge in [-0.3, -0.25) is 23.4 Å². The zero-order chi connectivity index (χ0) is 24.6. The fourth-order valence-electron chi connectivity index (χ4n) is 3.77. The van der Waals surface area contributed by atoms with Crippen LogP contribution in [0.1, 0.15) is 18.2 Å². The Bertz CT molecular complexity index is 1520. The topological polar surface area (TPSA) is 90.9 Å². The quantitative estimate of drug-likeness (QED) is 0.468. The zero-order valence-corrected chi connectivity index (χ0v) is 18.3. The number of benzene rings is 2. The Morgan fingerprint density at radius 2 is 1.65 bits per heavy atom. The molecule has 0 radical (unpaired) electrons. The number of anilines is 1. The molecule has 2 aromatic carbocycles. The van der Waals surface area contributed by atoms with Gasteiger partial charge in [0.25, 0.3) is 5.56 Å². The molecule has 176 valence electrons. The minimum absolute atomic E-state index is 0.127. The molecular weight excluding hydrogens is 451 g/mol. The number of nitrogens with zero attached hydrogens (tertiary/aromatic N) is 4. The molecule has 0 aliphatic rings. The summed E-state index contributed by atoms with van der Waals surface area (Å²) in [5.41, 5.74) is -0.464. The number of rotatable bonds is 6. The van der Waals surface area contributed by atoms with Gasteiger partial charge in [-0.15, -0.1) is 0 Å². The molecule has 0 aliphatic heterocycles. The first kappa shape index (κ1) is 23.0. The number of aryl methyl sites for hydroxylation is 2. The molecule has 0 saturated heterocycles. The molecule has 8 nitrogen and oxygen atoms in total. The van der Waals surface area contributed by atoms with Crippen LogP contribution in [0.4, 0.5) is 18.9 Å². The zero-order valence-electron chi connectivity index (χ0n) is 18.3. The van der Waals surface area contributed by atoms with Crippen molar-refractivity contribution in [2.24, 2.45) is 0 Å². The lowest BCUT2D eigenvalue weighted by molar-refractivity contribution is -0.116. The molecule has 1 amide bonds. The van der Waals surface area contributed by atoms with Gasteiger partial charge in [-0.25, -0.2) is 18.0 Å². The van der Waals surface area contributed by atoms with Gasteiger partial charge in [-0.1, -0.05) is 12.1 Å². The number of amides is 1. The SMILES string of the molecule is CCn1nc(C)c2c1c(=O)n(Cc1ccc(F)cc1)c(=O)n2CC(=O)Nc1ccc(F)cc1F. The van der Waals surface area contributed by atoms with Gasteiger partial charge in [-0.2, -0.15) is 5.10 Å². The predicted octanol–water partition coefficient (Wildman–Crippen LogP) is 2.79. The molecule has 0 fully saturated rings. The summed E-state index contributed by atoms with van der Waals surface area (Å²) in [7, 11) is 0. The van der Waals surface area contributed by atoms with E-state index in [0.29, 0.717) is 23.9 Å². The molecule has 0 bridgehead atoms. The molecule has 2 heterocycles. The lowest BCUT2D eigenvalue weighted by atomic mass is 10.2. The molecule has 11 heteroatoms. The highest BCUT2D eigenvalue weighted by Gasteiger charge is 2.22. The van der Waals surface area contributed by atoms with Crippen molar-refractivity contribution < 1.29 is 18.0 Å². The summed E-state index contributed by atoms with van der Waals surface area (Å²) < 4.78 is 43.9. The molecule has 1 N–H and O–H groups in total. The molecule has 2 aromatic heterocycles. The van der Waals surface area contributed by atoms with E-state index in [1.54, 1.807) is 13.8 Å². The largest absolute Gasteiger partial charge is 0.332 e. The second-order valence-corrected chi connectivity index (χ2v) is 7.66.